The molecule has 0 radical (unpaired) electrons. The van der Waals surface area contributed by atoms with Crippen LogP contribution >= 0.6 is 11.8 Å². The number of carbonyl (C=O) groups is 4. The molecule has 1 fully saturated rings. The Bertz CT molecular complexity index is 1240. The Morgan fingerprint density at radius 1 is 1.05 bits per heavy atom. The van der Waals surface area contributed by atoms with E-state index in [9.17, 15) is 19.2 Å². The number of carbonyl (C=O) groups excluding carboxylic acids is 4. The molecule has 3 amide bonds. The number of ether oxygens (including phenoxy) is 5. The van der Waals surface area contributed by atoms with E-state index in [2.05, 4.69) is 15.8 Å². The van der Waals surface area contributed by atoms with Crippen molar-refractivity contribution in [2.24, 2.45) is 5.10 Å². The molecule has 1 aromatic rings. The van der Waals surface area contributed by atoms with Gasteiger partial charge in [0.1, 0.15) is 33.4 Å². The molecule has 2 atom stereocenters. The molecule has 1 saturated heterocycles. The molecule has 1 heterocycles. The van der Waals surface area contributed by atoms with Crippen molar-refractivity contribution in [1.82, 2.24) is 10.7 Å². The minimum absolute atomic E-state index is 0.00689. The third-order valence-corrected chi connectivity index (χ3v) is 6.42. The predicted octanol–water partition coefficient (Wildman–Crippen LogP) is 4.95. The highest BCUT2D eigenvalue weighted by atomic mass is 32.2. The lowest BCUT2D eigenvalue weighted by atomic mass is 10.2. The first-order chi connectivity index (χ1) is 20.2. The maximum atomic E-state index is 15.7. The zero-order chi connectivity index (χ0) is 33.5. The van der Waals surface area contributed by atoms with Crippen molar-refractivity contribution >= 4 is 46.7 Å². The number of nitrogens with one attached hydrogen (secondary N) is 2. The van der Waals surface area contributed by atoms with E-state index in [0.717, 1.165) is 17.8 Å². The summed E-state index contributed by atoms with van der Waals surface area (Å²) in [5.41, 5.74) is 0.244. The van der Waals surface area contributed by atoms with Gasteiger partial charge in [-0.25, -0.2) is 24.2 Å². The summed E-state index contributed by atoms with van der Waals surface area (Å²) in [6, 6.07) is 3.92. The molecule has 1 unspecified atom stereocenters. The van der Waals surface area contributed by atoms with Crippen molar-refractivity contribution in [1.29, 1.82) is 0 Å². The number of halogens is 1. The van der Waals surface area contributed by atoms with Crippen LogP contribution in [0.2, 0.25) is 0 Å². The number of methoxy groups -OCH3 is 1. The van der Waals surface area contributed by atoms with Gasteiger partial charge in [-0.2, -0.15) is 5.10 Å². The molecular formula is C29H43FN4O9S. The smallest absolute Gasteiger partial charge is 0.428 e. The minimum atomic E-state index is -0.968. The molecule has 1 aliphatic rings. The van der Waals surface area contributed by atoms with Crippen molar-refractivity contribution in [2.45, 2.75) is 90.5 Å². The van der Waals surface area contributed by atoms with Crippen LogP contribution in [0.5, 0.6) is 0 Å². The Hall–Kier alpha value is -3.59. The number of alkyl carbamates (subject to hydrolysis) is 1. The predicted molar refractivity (Wildman–Crippen MR) is 163 cm³/mol. The monoisotopic (exact) mass is 642 g/mol. The van der Waals surface area contributed by atoms with Crippen LogP contribution in [0.1, 0.15) is 67.9 Å². The number of hydrogen-bond donors (Lipinski definition) is 2. The molecule has 13 nitrogen and oxygen atoms in total. The Morgan fingerprint density at radius 2 is 1.66 bits per heavy atom. The molecule has 0 aromatic heterocycles. The molecule has 44 heavy (non-hydrogen) atoms. The number of esters is 1. The fourth-order valence-corrected chi connectivity index (χ4v) is 4.47. The molecule has 15 heteroatoms. The molecule has 1 aliphatic heterocycles. The number of cyclic esters (lactones) is 1. The van der Waals surface area contributed by atoms with E-state index in [0.29, 0.717) is 0 Å². The van der Waals surface area contributed by atoms with E-state index in [1.54, 1.807) is 41.5 Å². The minimum Gasteiger partial charge on any atom is -0.468 e. The first-order valence-corrected chi connectivity index (χ1v) is 14.8. The molecule has 1 aromatic carbocycles. The van der Waals surface area contributed by atoms with Crippen LogP contribution in [-0.2, 0) is 28.5 Å². The molecule has 0 aliphatic carbocycles. The van der Waals surface area contributed by atoms with Crippen LogP contribution in [0.15, 0.2) is 23.3 Å². The molecule has 246 valence electrons. The van der Waals surface area contributed by atoms with Gasteiger partial charge < -0.3 is 29.0 Å². The summed E-state index contributed by atoms with van der Waals surface area (Å²) in [6.07, 6.45) is -2.98. The number of benzene rings is 1. The SMILES string of the molecule is COC(=O)C(COC(C)(C)C)SC(=NNC(=O)OC(C)(C)C)c1ccc(N2C[C@@H](CNC(=O)OC(C)(C)C)OC2=O)cc1F. The second kappa shape index (κ2) is 14.9. The summed E-state index contributed by atoms with van der Waals surface area (Å²) in [4.78, 5) is 50.7. The summed E-state index contributed by atoms with van der Waals surface area (Å²) in [7, 11) is 1.21. The fourth-order valence-electron chi connectivity index (χ4n) is 3.48. The van der Waals surface area contributed by atoms with Gasteiger partial charge in [0.15, 0.2) is 0 Å². The maximum Gasteiger partial charge on any atom is 0.428 e. The van der Waals surface area contributed by atoms with Gasteiger partial charge in [-0.15, -0.1) is 0 Å². The fraction of sp³-hybridized carbons (Fsp3) is 0.621. The number of hydrogen-bond acceptors (Lipinski definition) is 11. The van der Waals surface area contributed by atoms with Crippen LogP contribution in [-0.4, -0.2) is 84.3 Å². The second-order valence-corrected chi connectivity index (χ2v) is 13.9. The third-order valence-electron chi connectivity index (χ3n) is 5.28. The average molecular weight is 643 g/mol. The van der Waals surface area contributed by atoms with Crippen LogP contribution < -0.4 is 15.6 Å². The number of nitrogens with zero attached hydrogens (tertiary/aromatic N) is 2. The summed E-state index contributed by atoms with van der Waals surface area (Å²) in [5.74, 6) is -1.45. The van der Waals surface area contributed by atoms with Gasteiger partial charge in [0.25, 0.3) is 0 Å². The van der Waals surface area contributed by atoms with Crippen molar-refractivity contribution in [2.75, 3.05) is 31.7 Å². The lowest BCUT2D eigenvalue weighted by molar-refractivity contribution is -0.142. The first-order valence-electron chi connectivity index (χ1n) is 13.9. The van der Waals surface area contributed by atoms with Crippen LogP contribution in [0.4, 0.5) is 24.5 Å². The van der Waals surface area contributed by atoms with Gasteiger partial charge >= 0.3 is 24.2 Å². The Kier molecular flexibility index (Phi) is 12.4. The van der Waals surface area contributed by atoms with Crippen LogP contribution in [0.25, 0.3) is 0 Å². The zero-order valence-electron chi connectivity index (χ0n) is 26.9. The number of thioether (sulfide) groups is 1. The number of anilines is 1. The van der Waals surface area contributed by atoms with E-state index in [1.807, 2.05) is 20.8 Å². The van der Waals surface area contributed by atoms with Gasteiger partial charge in [0.05, 0.1) is 38.1 Å². The number of hydrazone groups is 1. The molecule has 2 N–H and O–H groups in total. The first kappa shape index (κ1) is 36.6. The van der Waals surface area contributed by atoms with Gasteiger partial charge in [0.2, 0.25) is 0 Å². The van der Waals surface area contributed by atoms with E-state index in [4.69, 9.17) is 23.7 Å². The molecule has 0 bridgehead atoms. The van der Waals surface area contributed by atoms with E-state index < -0.39 is 58.2 Å². The van der Waals surface area contributed by atoms with Gasteiger partial charge in [-0.05, 0) is 80.5 Å². The molecular weight excluding hydrogens is 599 g/mol. The summed E-state index contributed by atoms with van der Waals surface area (Å²) < 4.78 is 42.1. The van der Waals surface area contributed by atoms with Gasteiger partial charge in [-0.3, -0.25) is 9.69 Å². The summed E-state index contributed by atoms with van der Waals surface area (Å²) >= 11 is 0.825. The number of amides is 3. The highest BCUT2D eigenvalue weighted by Gasteiger charge is 2.34. The third kappa shape index (κ3) is 12.6. The van der Waals surface area contributed by atoms with Crippen molar-refractivity contribution in [3.05, 3.63) is 29.6 Å². The van der Waals surface area contributed by atoms with E-state index >= 15 is 4.39 Å². The Balaban J connectivity index is 2.30. The van der Waals surface area contributed by atoms with Crippen LogP contribution in [0.3, 0.4) is 0 Å². The summed E-state index contributed by atoms with van der Waals surface area (Å²) in [5, 5.41) is 5.56. The van der Waals surface area contributed by atoms with E-state index in [-0.39, 0.29) is 36.0 Å². The topological polar surface area (TPSA) is 154 Å². The standard InChI is InChI=1S/C29H43FN4O9S/c1-27(2,3)40-16-21(23(35)39-10)44-22(32-33-25(37)43-29(7,8)9)19-12-11-17(13-20(19)30)34-15-18(41-26(34)38)14-31-24(36)42-28(4,5)6/h11-13,18,21H,14-16H2,1-10H3,(H,31,36)(H,33,37)/t18-,21?/m1/s1. The lowest BCUT2D eigenvalue weighted by Gasteiger charge is -2.23. The summed E-state index contributed by atoms with van der Waals surface area (Å²) in [6.45, 7) is 15.5. The largest absolute Gasteiger partial charge is 0.468 e. The van der Waals surface area contributed by atoms with Crippen molar-refractivity contribution in [3.63, 3.8) is 0 Å². The Labute approximate surface area is 261 Å². The number of rotatable bonds is 9. The Morgan fingerprint density at radius 3 is 2.20 bits per heavy atom. The quantitative estimate of drug-likeness (QED) is 0.124. The van der Waals surface area contributed by atoms with Crippen molar-refractivity contribution < 1.29 is 47.3 Å². The van der Waals surface area contributed by atoms with Crippen LogP contribution in [0, 0.1) is 5.82 Å². The highest BCUT2D eigenvalue weighted by Crippen LogP contribution is 2.28. The van der Waals surface area contributed by atoms with Gasteiger partial charge in [0, 0.05) is 5.56 Å². The zero-order valence-corrected chi connectivity index (χ0v) is 27.7. The van der Waals surface area contributed by atoms with Crippen molar-refractivity contribution in [3.8, 4) is 0 Å². The lowest BCUT2D eigenvalue weighted by Crippen LogP contribution is -2.38. The molecule has 0 saturated carbocycles. The molecule has 2 rings (SSSR count). The molecule has 0 spiro atoms. The maximum absolute atomic E-state index is 15.7. The average Bonchev–Trinajstić information content (AvgIpc) is 3.24. The van der Waals surface area contributed by atoms with Gasteiger partial charge in [-0.1, -0.05) is 11.8 Å². The highest BCUT2D eigenvalue weighted by molar-refractivity contribution is 8.15. The normalized spacial score (nSPS) is 16.6. The van der Waals surface area contributed by atoms with E-state index in [1.165, 1.54) is 24.1 Å². The second-order valence-electron chi connectivity index (χ2n) is 12.7.